The van der Waals surface area contributed by atoms with Gasteiger partial charge in [-0.25, -0.2) is 4.39 Å². The highest BCUT2D eigenvalue weighted by molar-refractivity contribution is 5.37. The number of nitrogens with one attached hydrogen (secondary N) is 1. The molecule has 2 rings (SSSR count). The Hall–Kier alpha value is -1.13. The van der Waals surface area contributed by atoms with Crippen molar-refractivity contribution in [2.24, 2.45) is 0 Å². The third-order valence-corrected chi connectivity index (χ3v) is 2.56. The fraction of sp³-hybridized carbons (Fsp3) is 0.500. The lowest BCUT2D eigenvalue weighted by molar-refractivity contribution is 0.0626. The minimum atomic E-state index is -0.209. The second-order valence-electron chi connectivity index (χ2n) is 3.87. The molecule has 0 fully saturated rings. The predicted molar refractivity (Wildman–Crippen MR) is 59.3 cm³/mol. The molecule has 0 saturated carbocycles. The van der Waals surface area contributed by atoms with Gasteiger partial charge in [0.25, 0.3) is 0 Å². The molecule has 1 N–H and O–H groups in total. The smallest absolute Gasteiger partial charge is 0.126 e. The van der Waals surface area contributed by atoms with Gasteiger partial charge in [-0.3, -0.25) is 0 Å². The van der Waals surface area contributed by atoms with Crippen molar-refractivity contribution in [3.8, 4) is 5.75 Å². The monoisotopic (exact) mass is 225 g/mol. The van der Waals surface area contributed by atoms with Gasteiger partial charge >= 0.3 is 0 Å². The van der Waals surface area contributed by atoms with Gasteiger partial charge in [-0.1, -0.05) is 0 Å². The number of rotatable bonds is 5. The molecule has 1 heterocycles. The Kier molecular flexibility index (Phi) is 3.74. The molecule has 1 aliphatic rings. The van der Waals surface area contributed by atoms with E-state index in [1.165, 1.54) is 12.1 Å². The van der Waals surface area contributed by atoms with Crippen LogP contribution in [-0.4, -0.2) is 32.9 Å². The largest absolute Gasteiger partial charge is 0.487 e. The van der Waals surface area contributed by atoms with E-state index in [4.69, 9.17) is 9.47 Å². The first-order valence-electron chi connectivity index (χ1n) is 5.47. The molecule has 1 unspecified atom stereocenters. The van der Waals surface area contributed by atoms with Gasteiger partial charge < -0.3 is 14.8 Å². The molecule has 4 heteroatoms. The van der Waals surface area contributed by atoms with Crippen LogP contribution in [0.25, 0.3) is 0 Å². The van der Waals surface area contributed by atoms with Crippen molar-refractivity contribution in [1.29, 1.82) is 0 Å². The summed E-state index contributed by atoms with van der Waals surface area (Å²) in [5, 5.41) is 3.00. The maximum Gasteiger partial charge on any atom is 0.126 e. The fourth-order valence-corrected chi connectivity index (χ4v) is 1.77. The zero-order valence-electron chi connectivity index (χ0n) is 9.33. The number of likely N-dealkylation sites (N-methyl/N-ethyl adjacent to an activating group) is 1. The van der Waals surface area contributed by atoms with Crippen LogP contribution in [0.1, 0.15) is 5.56 Å². The average Bonchev–Trinajstić information content (AvgIpc) is 2.66. The molecule has 0 aromatic heterocycles. The Morgan fingerprint density at radius 1 is 1.56 bits per heavy atom. The molecule has 0 aliphatic carbocycles. The maximum absolute atomic E-state index is 12.9. The molecular formula is C12H16FNO2. The quantitative estimate of drug-likeness (QED) is 0.768. The first-order chi connectivity index (χ1) is 7.79. The van der Waals surface area contributed by atoms with E-state index < -0.39 is 0 Å². The Morgan fingerprint density at radius 3 is 3.25 bits per heavy atom. The molecule has 0 radical (unpaired) electrons. The average molecular weight is 225 g/mol. The SMILES string of the molecule is CNCCOCC1Cc2cc(F)ccc2O1. The van der Waals surface area contributed by atoms with Gasteiger partial charge in [0.1, 0.15) is 17.7 Å². The summed E-state index contributed by atoms with van der Waals surface area (Å²) in [6.45, 7) is 2.05. The summed E-state index contributed by atoms with van der Waals surface area (Å²) < 4.78 is 24.0. The van der Waals surface area contributed by atoms with E-state index in [0.717, 1.165) is 24.3 Å². The lowest BCUT2D eigenvalue weighted by Crippen LogP contribution is -2.23. The van der Waals surface area contributed by atoms with E-state index in [0.29, 0.717) is 13.2 Å². The van der Waals surface area contributed by atoms with Gasteiger partial charge in [-0.2, -0.15) is 0 Å². The lowest BCUT2D eigenvalue weighted by Gasteiger charge is -2.10. The normalized spacial score (nSPS) is 18.2. The van der Waals surface area contributed by atoms with Gasteiger partial charge in [0.05, 0.1) is 13.2 Å². The van der Waals surface area contributed by atoms with Crippen LogP contribution in [0.15, 0.2) is 18.2 Å². The molecular weight excluding hydrogens is 209 g/mol. The Morgan fingerprint density at radius 2 is 2.44 bits per heavy atom. The second-order valence-corrected chi connectivity index (χ2v) is 3.87. The van der Waals surface area contributed by atoms with E-state index in [9.17, 15) is 4.39 Å². The van der Waals surface area contributed by atoms with Gasteiger partial charge in [-0.15, -0.1) is 0 Å². The second kappa shape index (κ2) is 5.27. The van der Waals surface area contributed by atoms with E-state index in [2.05, 4.69) is 5.32 Å². The Bertz CT molecular complexity index is 357. The number of hydrogen-bond acceptors (Lipinski definition) is 3. The van der Waals surface area contributed by atoms with Gasteiger partial charge in [0, 0.05) is 18.5 Å². The van der Waals surface area contributed by atoms with E-state index in [1.807, 2.05) is 7.05 Å². The summed E-state index contributed by atoms with van der Waals surface area (Å²) in [7, 11) is 1.88. The van der Waals surface area contributed by atoms with Gasteiger partial charge in [0.2, 0.25) is 0 Å². The number of benzene rings is 1. The molecule has 16 heavy (non-hydrogen) atoms. The standard InChI is InChI=1S/C12H16FNO2/c1-14-4-5-15-8-11-7-9-6-10(13)2-3-12(9)16-11/h2-3,6,11,14H,4-5,7-8H2,1H3. The van der Waals surface area contributed by atoms with Crippen molar-refractivity contribution >= 4 is 0 Å². The topological polar surface area (TPSA) is 30.5 Å². The highest BCUT2D eigenvalue weighted by Crippen LogP contribution is 2.29. The number of fused-ring (bicyclic) bond motifs is 1. The van der Waals surface area contributed by atoms with E-state index in [-0.39, 0.29) is 11.9 Å². The van der Waals surface area contributed by atoms with Crippen LogP contribution in [0.2, 0.25) is 0 Å². The molecule has 1 aromatic rings. The summed E-state index contributed by atoms with van der Waals surface area (Å²) in [4.78, 5) is 0. The summed E-state index contributed by atoms with van der Waals surface area (Å²) in [6, 6.07) is 4.63. The van der Waals surface area contributed by atoms with Crippen molar-refractivity contribution in [2.45, 2.75) is 12.5 Å². The molecule has 3 nitrogen and oxygen atoms in total. The van der Waals surface area contributed by atoms with Crippen LogP contribution >= 0.6 is 0 Å². The van der Waals surface area contributed by atoms with Gasteiger partial charge in [0.15, 0.2) is 0 Å². The van der Waals surface area contributed by atoms with Crippen LogP contribution in [0.3, 0.4) is 0 Å². The Labute approximate surface area is 94.6 Å². The minimum Gasteiger partial charge on any atom is -0.487 e. The molecule has 0 bridgehead atoms. The van der Waals surface area contributed by atoms with Crippen molar-refractivity contribution < 1.29 is 13.9 Å². The molecule has 1 atom stereocenters. The molecule has 1 aromatic carbocycles. The zero-order chi connectivity index (χ0) is 11.4. The van der Waals surface area contributed by atoms with Crippen LogP contribution in [0.4, 0.5) is 4.39 Å². The van der Waals surface area contributed by atoms with Crippen LogP contribution in [0.5, 0.6) is 5.75 Å². The van der Waals surface area contributed by atoms with Crippen molar-refractivity contribution in [2.75, 3.05) is 26.8 Å². The molecule has 88 valence electrons. The predicted octanol–water partition coefficient (Wildman–Crippen LogP) is 1.37. The number of hydrogen-bond donors (Lipinski definition) is 1. The summed E-state index contributed by atoms with van der Waals surface area (Å²) in [6.07, 6.45) is 0.751. The maximum atomic E-state index is 12.9. The Balaban J connectivity index is 1.81. The molecule has 0 saturated heterocycles. The van der Waals surface area contributed by atoms with Crippen LogP contribution in [0, 0.1) is 5.82 Å². The van der Waals surface area contributed by atoms with Crippen LogP contribution < -0.4 is 10.1 Å². The summed E-state index contributed by atoms with van der Waals surface area (Å²) in [5.74, 6) is 0.572. The first kappa shape index (κ1) is 11.4. The number of halogens is 1. The molecule has 0 amide bonds. The highest BCUT2D eigenvalue weighted by Gasteiger charge is 2.23. The van der Waals surface area contributed by atoms with Crippen molar-refractivity contribution in [3.05, 3.63) is 29.6 Å². The lowest BCUT2D eigenvalue weighted by atomic mass is 10.1. The zero-order valence-corrected chi connectivity index (χ0v) is 9.33. The first-order valence-corrected chi connectivity index (χ1v) is 5.47. The number of ether oxygens (including phenoxy) is 2. The third-order valence-electron chi connectivity index (χ3n) is 2.56. The van der Waals surface area contributed by atoms with Crippen LogP contribution in [-0.2, 0) is 11.2 Å². The summed E-state index contributed by atoms with van der Waals surface area (Å²) in [5.41, 5.74) is 0.933. The van der Waals surface area contributed by atoms with E-state index >= 15 is 0 Å². The minimum absolute atomic E-state index is 0.0219. The third kappa shape index (κ3) is 2.71. The summed E-state index contributed by atoms with van der Waals surface area (Å²) >= 11 is 0. The van der Waals surface area contributed by atoms with Gasteiger partial charge in [-0.05, 0) is 25.2 Å². The molecule has 1 aliphatic heterocycles. The van der Waals surface area contributed by atoms with E-state index in [1.54, 1.807) is 6.07 Å². The highest BCUT2D eigenvalue weighted by atomic mass is 19.1. The molecule has 0 spiro atoms. The van der Waals surface area contributed by atoms with Crippen molar-refractivity contribution in [3.63, 3.8) is 0 Å². The van der Waals surface area contributed by atoms with Crippen molar-refractivity contribution in [1.82, 2.24) is 5.32 Å². The fourth-order valence-electron chi connectivity index (χ4n) is 1.77.